The van der Waals surface area contributed by atoms with Crippen molar-refractivity contribution in [3.05, 3.63) is 64.8 Å². The van der Waals surface area contributed by atoms with E-state index in [1.165, 1.54) is 27.4 Å². The van der Waals surface area contributed by atoms with Crippen LogP contribution in [-0.2, 0) is 6.54 Å². The van der Waals surface area contributed by atoms with E-state index in [1.54, 1.807) is 30.5 Å². The fourth-order valence-corrected chi connectivity index (χ4v) is 4.03. The SMILES string of the molecule is Cc1ccc(-n2nc(CN(CC(C)(C)C)C(=O)O)cc2Sc2ccc(Cl)nc2)c(F)c1. The van der Waals surface area contributed by atoms with Crippen molar-refractivity contribution < 1.29 is 14.3 Å². The molecule has 9 heteroatoms. The molecule has 1 amide bonds. The minimum Gasteiger partial charge on any atom is -0.465 e. The van der Waals surface area contributed by atoms with Crippen LogP contribution in [0.3, 0.4) is 0 Å². The second-order valence-corrected chi connectivity index (χ2v) is 9.94. The predicted molar refractivity (Wildman–Crippen MR) is 120 cm³/mol. The van der Waals surface area contributed by atoms with E-state index in [0.717, 1.165) is 10.5 Å². The van der Waals surface area contributed by atoms with Crippen molar-refractivity contribution in [2.75, 3.05) is 6.54 Å². The van der Waals surface area contributed by atoms with Crippen molar-refractivity contribution in [1.29, 1.82) is 0 Å². The zero-order valence-corrected chi connectivity index (χ0v) is 19.3. The number of aryl methyl sites for hydroxylation is 1. The molecule has 0 atom stereocenters. The Morgan fingerprint density at radius 2 is 2.00 bits per heavy atom. The number of hydrogen-bond donors (Lipinski definition) is 1. The highest BCUT2D eigenvalue weighted by atomic mass is 35.5. The van der Waals surface area contributed by atoms with E-state index in [4.69, 9.17) is 11.6 Å². The largest absolute Gasteiger partial charge is 0.465 e. The molecule has 0 saturated heterocycles. The molecule has 1 aromatic carbocycles. The van der Waals surface area contributed by atoms with Gasteiger partial charge in [-0.3, -0.25) is 0 Å². The van der Waals surface area contributed by atoms with Gasteiger partial charge in [0.1, 0.15) is 21.7 Å². The standard InChI is InChI=1S/C22H24ClFN4O2S/c1-14-5-7-18(17(24)9-14)28-20(31-16-6-8-19(23)25-11-16)10-15(26-28)12-27(21(29)30)13-22(2,3)4/h5-11H,12-13H2,1-4H3,(H,29,30). The first-order valence-electron chi connectivity index (χ1n) is 9.64. The summed E-state index contributed by atoms with van der Waals surface area (Å²) in [5.74, 6) is -0.407. The number of carboxylic acid groups (broad SMARTS) is 1. The third-order valence-electron chi connectivity index (χ3n) is 4.27. The molecule has 0 unspecified atom stereocenters. The molecule has 0 aliphatic carbocycles. The molecular formula is C22H24ClFN4O2S. The molecule has 0 saturated carbocycles. The average Bonchev–Trinajstić information content (AvgIpc) is 3.04. The van der Waals surface area contributed by atoms with Crippen LogP contribution in [0, 0.1) is 18.2 Å². The van der Waals surface area contributed by atoms with E-state index in [0.29, 0.717) is 28.1 Å². The van der Waals surface area contributed by atoms with E-state index in [2.05, 4.69) is 10.1 Å². The number of carbonyl (C=O) groups is 1. The van der Waals surface area contributed by atoms with Gasteiger partial charge in [-0.1, -0.05) is 50.2 Å². The number of nitrogens with zero attached hydrogens (tertiary/aromatic N) is 4. The third kappa shape index (κ3) is 6.21. The molecule has 164 valence electrons. The van der Waals surface area contributed by atoms with Crippen LogP contribution in [0.4, 0.5) is 9.18 Å². The van der Waals surface area contributed by atoms with Crippen molar-refractivity contribution in [3.8, 4) is 5.69 Å². The van der Waals surface area contributed by atoms with Crippen LogP contribution >= 0.6 is 23.4 Å². The Hall–Kier alpha value is -2.58. The number of pyridine rings is 1. The number of benzene rings is 1. The summed E-state index contributed by atoms with van der Waals surface area (Å²) in [6.45, 7) is 8.17. The lowest BCUT2D eigenvalue weighted by Crippen LogP contribution is -2.36. The van der Waals surface area contributed by atoms with Gasteiger partial charge in [-0.15, -0.1) is 0 Å². The Morgan fingerprint density at radius 1 is 1.26 bits per heavy atom. The van der Waals surface area contributed by atoms with E-state index >= 15 is 0 Å². The van der Waals surface area contributed by atoms with Crippen LogP contribution < -0.4 is 0 Å². The first-order chi connectivity index (χ1) is 14.5. The first kappa shape index (κ1) is 23.1. The molecule has 1 N–H and O–H groups in total. The lowest BCUT2D eigenvalue weighted by Gasteiger charge is -2.27. The molecule has 0 spiro atoms. The molecule has 0 radical (unpaired) electrons. The molecule has 3 aromatic rings. The monoisotopic (exact) mass is 462 g/mol. The lowest BCUT2D eigenvalue weighted by molar-refractivity contribution is 0.122. The second kappa shape index (κ2) is 9.28. The summed E-state index contributed by atoms with van der Waals surface area (Å²) in [5, 5.41) is 15.2. The van der Waals surface area contributed by atoms with Crippen molar-refractivity contribution in [2.24, 2.45) is 5.41 Å². The molecule has 0 aliphatic rings. The first-order valence-corrected chi connectivity index (χ1v) is 10.8. The molecule has 0 bridgehead atoms. The molecule has 0 aliphatic heterocycles. The number of halogens is 2. The van der Waals surface area contributed by atoms with Gasteiger partial charge in [0.2, 0.25) is 0 Å². The van der Waals surface area contributed by atoms with Crippen LogP contribution in [-0.4, -0.2) is 37.4 Å². The second-order valence-electron chi connectivity index (χ2n) is 8.46. The van der Waals surface area contributed by atoms with E-state index < -0.39 is 11.9 Å². The highest BCUT2D eigenvalue weighted by molar-refractivity contribution is 7.99. The van der Waals surface area contributed by atoms with Crippen LogP contribution in [0.1, 0.15) is 32.0 Å². The van der Waals surface area contributed by atoms with E-state index in [-0.39, 0.29) is 12.0 Å². The summed E-state index contributed by atoms with van der Waals surface area (Å²) in [4.78, 5) is 18.0. The fourth-order valence-electron chi connectivity index (χ4n) is 3.02. The lowest BCUT2D eigenvalue weighted by atomic mass is 9.96. The van der Waals surface area contributed by atoms with Crippen LogP contribution in [0.25, 0.3) is 5.69 Å². The highest BCUT2D eigenvalue weighted by Gasteiger charge is 2.23. The summed E-state index contributed by atoms with van der Waals surface area (Å²) in [6.07, 6.45) is 0.598. The van der Waals surface area contributed by atoms with Gasteiger partial charge in [-0.25, -0.2) is 18.9 Å². The third-order valence-corrected chi connectivity index (χ3v) is 5.47. The van der Waals surface area contributed by atoms with Gasteiger partial charge in [0.05, 0.1) is 12.2 Å². The number of amides is 1. The summed E-state index contributed by atoms with van der Waals surface area (Å²) in [5.41, 5.74) is 1.40. The molecule has 2 aromatic heterocycles. The smallest absolute Gasteiger partial charge is 0.407 e. The minimum absolute atomic E-state index is 0.0967. The topological polar surface area (TPSA) is 71.2 Å². The fraction of sp³-hybridized carbons (Fsp3) is 0.318. The zero-order valence-electron chi connectivity index (χ0n) is 17.8. The zero-order chi connectivity index (χ0) is 22.8. The minimum atomic E-state index is -1.03. The van der Waals surface area contributed by atoms with Gasteiger partial charge in [-0.2, -0.15) is 5.10 Å². The number of aromatic nitrogens is 3. The van der Waals surface area contributed by atoms with Gasteiger partial charge in [0.25, 0.3) is 0 Å². The predicted octanol–water partition coefficient (Wildman–Crippen LogP) is 6.05. The number of hydrogen-bond acceptors (Lipinski definition) is 4. The Kier molecular flexibility index (Phi) is 6.91. The summed E-state index contributed by atoms with van der Waals surface area (Å²) in [6, 6.07) is 10.2. The van der Waals surface area contributed by atoms with Gasteiger partial charge in [0, 0.05) is 17.6 Å². The Bertz CT molecular complexity index is 1080. The van der Waals surface area contributed by atoms with Crippen LogP contribution in [0.2, 0.25) is 5.15 Å². The quantitative estimate of drug-likeness (QED) is 0.452. The molecule has 31 heavy (non-hydrogen) atoms. The van der Waals surface area contributed by atoms with Gasteiger partial charge >= 0.3 is 6.09 Å². The highest BCUT2D eigenvalue weighted by Crippen LogP contribution is 2.32. The molecule has 2 heterocycles. The van der Waals surface area contributed by atoms with Crippen molar-refractivity contribution >= 4 is 29.5 Å². The van der Waals surface area contributed by atoms with Gasteiger partial charge in [0.15, 0.2) is 0 Å². The van der Waals surface area contributed by atoms with Gasteiger partial charge in [-0.05, 0) is 48.2 Å². The van der Waals surface area contributed by atoms with Crippen molar-refractivity contribution in [2.45, 2.75) is 44.2 Å². The summed E-state index contributed by atoms with van der Waals surface area (Å²) >= 11 is 7.22. The maximum absolute atomic E-state index is 14.7. The van der Waals surface area contributed by atoms with Crippen molar-refractivity contribution in [1.82, 2.24) is 19.7 Å². The van der Waals surface area contributed by atoms with E-state index in [1.807, 2.05) is 33.8 Å². The molecule has 3 rings (SSSR count). The Morgan fingerprint density at radius 3 is 2.58 bits per heavy atom. The van der Waals surface area contributed by atoms with Gasteiger partial charge < -0.3 is 10.0 Å². The maximum Gasteiger partial charge on any atom is 0.407 e. The van der Waals surface area contributed by atoms with E-state index in [9.17, 15) is 14.3 Å². The van der Waals surface area contributed by atoms with Crippen LogP contribution in [0.5, 0.6) is 0 Å². The Labute approximate surface area is 190 Å². The van der Waals surface area contributed by atoms with Crippen molar-refractivity contribution in [3.63, 3.8) is 0 Å². The molecular weight excluding hydrogens is 439 g/mol. The Balaban J connectivity index is 2.00. The average molecular weight is 463 g/mol. The maximum atomic E-state index is 14.7. The van der Waals surface area contributed by atoms with Crippen LogP contribution in [0.15, 0.2) is 52.5 Å². The summed E-state index contributed by atoms with van der Waals surface area (Å²) in [7, 11) is 0. The normalized spacial score (nSPS) is 11.5. The number of rotatable bonds is 6. The molecule has 6 nitrogen and oxygen atoms in total. The summed E-state index contributed by atoms with van der Waals surface area (Å²) < 4.78 is 16.2. The molecule has 0 fully saturated rings.